The lowest BCUT2D eigenvalue weighted by Gasteiger charge is -2.23. The molecule has 0 aliphatic carbocycles. The van der Waals surface area contributed by atoms with E-state index in [1.807, 2.05) is 37.3 Å². The maximum absolute atomic E-state index is 12.5. The fourth-order valence-electron chi connectivity index (χ4n) is 3.31. The number of benzene rings is 3. The van der Waals surface area contributed by atoms with Crippen LogP contribution in [0.3, 0.4) is 0 Å². The minimum Gasteiger partial charge on any atom is -0.351 e. The topological polar surface area (TPSA) is 66.5 Å². The summed E-state index contributed by atoms with van der Waals surface area (Å²) in [5, 5.41) is 3.47. The van der Waals surface area contributed by atoms with Crippen LogP contribution < -0.4 is 9.62 Å². The van der Waals surface area contributed by atoms with Gasteiger partial charge in [0.2, 0.25) is 10.0 Å². The Morgan fingerprint density at radius 3 is 2.28 bits per heavy atom. The number of rotatable bonds is 8. The first kappa shape index (κ1) is 23.8. The van der Waals surface area contributed by atoms with Gasteiger partial charge in [-0.1, -0.05) is 67.1 Å². The Balaban J connectivity index is 1.68. The van der Waals surface area contributed by atoms with Gasteiger partial charge in [-0.05, 0) is 53.8 Å². The molecule has 1 atom stereocenters. The zero-order valence-electron chi connectivity index (χ0n) is 18.4. The van der Waals surface area contributed by atoms with Crippen molar-refractivity contribution in [2.45, 2.75) is 26.3 Å². The van der Waals surface area contributed by atoms with Gasteiger partial charge in [-0.15, -0.1) is 0 Å². The molecule has 0 heterocycles. The Labute approximate surface area is 195 Å². The lowest BCUT2D eigenvalue weighted by molar-refractivity contribution is 0.0951. The molecule has 0 fully saturated rings. The Kier molecular flexibility index (Phi) is 7.59. The highest BCUT2D eigenvalue weighted by Crippen LogP contribution is 2.26. The minimum absolute atomic E-state index is 0.144. The standard InChI is InChI=1S/C25H27ClN2O3S/c1-18-9-14-23(15-24(18)26)28(32(3,30)31)17-20-10-12-22(13-11-20)25(29)27-16-19(2)21-7-5-4-6-8-21/h4-15,19H,16-17H2,1-3H3,(H,27,29)/t19-/m0/s1. The SMILES string of the molecule is Cc1ccc(N(Cc2ccc(C(=O)NC[C@H](C)c3ccccc3)cc2)S(C)(=O)=O)cc1Cl. The van der Waals surface area contributed by atoms with Gasteiger partial charge in [0.05, 0.1) is 18.5 Å². The molecular formula is C25H27ClN2O3S. The van der Waals surface area contributed by atoms with Crippen molar-refractivity contribution in [1.82, 2.24) is 5.32 Å². The fourth-order valence-corrected chi connectivity index (χ4v) is 4.37. The van der Waals surface area contributed by atoms with Gasteiger partial charge in [0.25, 0.3) is 5.91 Å². The van der Waals surface area contributed by atoms with E-state index in [0.29, 0.717) is 22.8 Å². The third-order valence-electron chi connectivity index (χ3n) is 5.32. The summed E-state index contributed by atoms with van der Waals surface area (Å²) in [6.07, 6.45) is 1.16. The summed E-state index contributed by atoms with van der Waals surface area (Å²) >= 11 is 6.19. The second-order valence-corrected chi connectivity index (χ2v) is 10.2. The number of nitrogens with one attached hydrogen (secondary N) is 1. The van der Waals surface area contributed by atoms with Crippen LogP contribution in [0, 0.1) is 6.92 Å². The molecule has 3 rings (SSSR count). The van der Waals surface area contributed by atoms with Crippen LogP contribution >= 0.6 is 11.6 Å². The van der Waals surface area contributed by atoms with Crippen molar-refractivity contribution in [3.05, 3.63) is 100 Å². The molecular weight excluding hydrogens is 444 g/mol. The molecule has 3 aromatic carbocycles. The molecule has 0 radical (unpaired) electrons. The fraction of sp³-hybridized carbons (Fsp3) is 0.240. The average Bonchev–Trinajstić information content (AvgIpc) is 2.78. The second kappa shape index (κ2) is 10.2. The van der Waals surface area contributed by atoms with Crippen LogP contribution in [0.4, 0.5) is 5.69 Å². The van der Waals surface area contributed by atoms with Crippen LogP contribution in [0.15, 0.2) is 72.8 Å². The summed E-state index contributed by atoms with van der Waals surface area (Å²) in [7, 11) is -3.52. The van der Waals surface area contributed by atoms with Crippen LogP contribution in [-0.4, -0.2) is 27.1 Å². The molecule has 0 bridgehead atoms. The van der Waals surface area contributed by atoms with E-state index in [9.17, 15) is 13.2 Å². The number of carbonyl (C=O) groups is 1. The van der Waals surface area contributed by atoms with E-state index in [1.165, 1.54) is 9.87 Å². The first-order valence-electron chi connectivity index (χ1n) is 10.3. The Morgan fingerprint density at radius 1 is 1.03 bits per heavy atom. The van der Waals surface area contributed by atoms with Gasteiger partial charge in [0.1, 0.15) is 0 Å². The number of anilines is 1. The average molecular weight is 471 g/mol. The van der Waals surface area contributed by atoms with Gasteiger partial charge in [0, 0.05) is 17.1 Å². The van der Waals surface area contributed by atoms with Gasteiger partial charge < -0.3 is 5.32 Å². The van der Waals surface area contributed by atoms with Crippen molar-refractivity contribution in [1.29, 1.82) is 0 Å². The zero-order valence-corrected chi connectivity index (χ0v) is 20.0. The van der Waals surface area contributed by atoms with Crippen LogP contribution in [-0.2, 0) is 16.6 Å². The molecule has 7 heteroatoms. The lowest BCUT2D eigenvalue weighted by Crippen LogP contribution is -2.29. The highest BCUT2D eigenvalue weighted by Gasteiger charge is 2.19. The van der Waals surface area contributed by atoms with E-state index >= 15 is 0 Å². The summed E-state index contributed by atoms with van der Waals surface area (Å²) in [4.78, 5) is 12.5. The summed E-state index contributed by atoms with van der Waals surface area (Å²) in [5.74, 6) is 0.0358. The number of amides is 1. The second-order valence-electron chi connectivity index (χ2n) is 7.92. The lowest BCUT2D eigenvalue weighted by atomic mass is 10.0. The maximum atomic E-state index is 12.5. The number of aryl methyl sites for hydroxylation is 1. The molecule has 0 saturated heterocycles. The molecule has 1 amide bonds. The van der Waals surface area contributed by atoms with E-state index in [-0.39, 0.29) is 18.4 Å². The molecule has 0 saturated carbocycles. The third-order valence-corrected chi connectivity index (χ3v) is 6.87. The number of hydrogen-bond donors (Lipinski definition) is 1. The minimum atomic E-state index is -3.52. The van der Waals surface area contributed by atoms with Crippen molar-refractivity contribution in [2.24, 2.45) is 0 Å². The first-order valence-corrected chi connectivity index (χ1v) is 12.5. The number of carbonyl (C=O) groups excluding carboxylic acids is 1. The van der Waals surface area contributed by atoms with Gasteiger partial charge in [-0.25, -0.2) is 8.42 Å². The van der Waals surface area contributed by atoms with Crippen LogP contribution in [0.25, 0.3) is 0 Å². The van der Waals surface area contributed by atoms with Gasteiger partial charge in [-0.2, -0.15) is 0 Å². The molecule has 0 aliphatic rings. The van der Waals surface area contributed by atoms with Crippen LogP contribution in [0.5, 0.6) is 0 Å². The molecule has 32 heavy (non-hydrogen) atoms. The normalized spacial score (nSPS) is 12.2. The van der Waals surface area contributed by atoms with E-state index in [1.54, 1.807) is 42.5 Å². The third kappa shape index (κ3) is 6.11. The Morgan fingerprint density at radius 2 is 1.69 bits per heavy atom. The van der Waals surface area contributed by atoms with Gasteiger partial charge in [0.15, 0.2) is 0 Å². The summed E-state index contributed by atoms with van der Waals surface area (Å²) in [6, 6.07) is 22.1. The van der Waals surface area contributed by atoms with Crippen molar-refractivity contribution in [3.8, 4) is 0 Å². The quantitative estimate of drug-likeness (QED) is 0.495. The number of hydrogen-bond acceptors (Lipinski definition) is 3. The summed E-state index contributed by atoms with van der Waals surface area (Å²) < 4.78 is 26.1. The predicted molar refractivity (Wildman–Crippen MR) is 131 cm³/mol. The first-order chi connectivity index (χ1) is 15.1. The van der Waals surface area contributed by atoms with Crippen molar-refractivity contribution in [2.75, 3.05) is 17.1 Å². The molecule has 0 aliphatic heterocycles. The Bertz CT molecular complexity index is 1180. The Hall–Kier alpha value is -2.83. The number of sulfonamides is 1. The van der Waals surface area contributed by atoms with E-state index in [0.717, 1.165) is 17.4 Å². The zero-order chi connectivity index (χ0) is 23.3. The van der Waals surface area contributed by atoms with Crippen LogP contribution in [0.2, 0.25) is 5.02 Å². The molecule has 1 N–H and O–H groups in total. The van der Waals surface area contributed by atoms with E-state index in [4.69, 9.17) is 11.6 Å². The van der Waals surface area contributed by atoms with Crippen molar-refractivity contribution in [3.63, 3.8) is 0 Å². The molecule has 0 aromatic heterocycles. The van der Waals surface area contributed by atoms with Gasteiger partial charge in [-0.3, -0.25) is 9.10 Å². The van der Waals surface area contributed by atoms with Crippen LogP contribution in [0.1, 0.15) is 39.9 Å². The van der Waals surface area contributed by atoms with E-state index in [2.05, 4.69) is 12.2 Å². The van der Waals surface area contributed by atoms with Crippen molar-refractivity contribution < 1.29 is 13.2 Å². The highest BCUT2D eigenvalue weighted by molar-refractivity contribution is 7.92. The smallest absolute Gasteiger partial charge is 0.251 e. The largest absolute Gasteiger partial charge is 0.351 e. The van der Waals surface area contributed by atoms with Gasteiger partial charge >= 0.3 is 0 Å². The van der Waals surface area contributed by atoms with E-state index < -0.39 is 10.0 Å². The molecule has 0 unspecified atom stereocenters. The predicted octanol–water partition coefficient (Wildman–Crippen LogP) is 5.15. The molecule has 168 valence electrons. The molecule has 3 aromatic rings. The molecule has 5 nitrogen and oxygen atoms in total. The highest BCUT2D eigenvalue weighted by atomic mass is 35.5. The monoisotopic (exact) mass is 470 g/mol. The molecule has 0 spiro atoms. The number of halogens is 1. The summed E-state index contributed by atoms with van der Waals surface area (Å²) in [6.45, 7) is 4.60. The summed E-state index contributed by atoms with van der Waals surface area (Å²) in [5.41, 5.74) is 3.83. The maximum Gasteiger partial charge on any atom is 0.251 e. The van der Waals surface area contributed by atoms with Crippen molar-refractivity contribution >= 4 is 33.2 Å². The number of nitrogens with zero attached hydrogens (tertiary/aromatic N) is 1.